The highest BCUT2D eigenvalue weighted by atomic mass is 19.2. The van der Waals surface area contributed by atoms with Crippen LogP contribution in [0.15, 0.2) is 18.2 Å². The van der Waals surface area contributed by atoms with E-state index in [1.165, 1.54) is 12.1 Å². The molecule has 0 saturated heterocycles. The minimum absolute atomic E-state index is 0.167. The number of carbonyl (C=O) groups is 1. The van der Waals surface area contributed by atoms with Crippen molar-refractivity contribution in [3.8, 4) is 5.75 Å². The molecule has 0 heterocycles. The highest BCUT2D eigenvalue weighted by molar-refractivity contribution is 5.80. The third-order valence-electron chi connectivity index (χ3n) is 2.73. The van der Waals surface area contributed by atoms with Gasteiger partial charge in [-0.2, -0.15) is 4.39 Å². The SMILES string of the molecule is CCNC(C)(COc1cccc(F)c1F)C(=O)OCC. The van der Waals surface area contributed by atoms with Gasteiger partial charge in [0.25, 0.3) is 0 Å². The number of carbonyl (C=O) groups excluding carboxylic acids is 1. The molecule has 0 aliphatic rings. The molecule has 0 aliphatic heterocycles. The molecule has 0 saturated carbocycles. The van der Waals surface area contributed by atoms with Gasteiger partial charge in [0.15, 0.2) is 11.6 Å². The predicted molar refractivity (Wildman–Crippen MR) is 70.6 cm³/mol. The van der Waals surface area contributed by atoms with E-state index in [-0.39, 0.29) is 19.0 Å². The van der Waals surface area contributed by atoms with Crippen LogP contribution >= 0.6 is 0 Å². The Morgan fingerprint density at radius 3 is 2.65 bits per heavy atom. The molecule has 0 fully saturated rings. The third-order valence-corrected chi connectivity index (χ3v) is 2.73. The predicted octanol–water partition coefficient (Wildman–Crippen LogP) is 2.27. The van der Waals surface area contributed by atoms with Crippen molar-refractivity contribution in [1.82, 2.24) is 5.32 Å². The lowest BCUT2D eigenvalue weighted by molar-refractivity contribution is -0.151. The van der Waals surface area contributed by atoms with Crippen molar-refractivity contribution in [2.45, 2.75) is 26.3 Å². The number of hydrogen-bond donors (Lipinski definition) is 1. The van der Waals surface area contributed by atoms with Gasteiger partial charge in [-0.05, 0) is 32.5 Å². The molecule has 0 aromatic heterocycles. The minimum Gasteiger partial charge on any atom is -0.488 e. The van der Waals surface area contributed by atoms with Crippen molar-refractivity contribution in [3.05, 3.63) is 29.8 Å². The van der Waals surface area contributed by atoms with Crippen molar-refractivity contribution in [3.63, 3.8) is 0 Å². The Morgan fingerprint density at radius 1 is 1.35 bits per heavy atom. The van der Waals surface area contributed by atoms with Crippen LogP contribution in [0.4, 0.5) is 8.78 Å². The van der Waals surface area contributed by atoms with Crippen molar-refractivity contribution in [2.24, 2.45) is 0 Å². The fraction of sp³-hybridized carbons (Fsp3) is 0.500. The smallest absolute Gasteiger partial charge is 0.329 e. The summed E-state index contributed by atoms with van der Waals surface area (Å²) in [5, 5.41) is 2.93. The molecule has 1 atom stereocenters. The van der Waals surface area contributed by atoms with Crippen molar-refractivity contribution < 1.29 is 23.0 Å². The Bertz CT molecular complexity index is 468. The Labute approximate surface area is 117 Å². The van der Waals surface area contributed by atoms with Gasteiger partial charge in [-0.1, -0.05) is 13.0 Å². The molecular formula is C14H19F2NO3. The third kappa shape index (κ3) is 3.90. The Hall–Kier alpha value is -1.69. The van der Waals surface area contributed by atoms with Gasteiger partial charge in [0.2, 0.25) is 5.82 Å². The van der Waals surface area contributed by atoms with E-state index in [9.17, 15) is 13.6 Å². The first-order valence-electron chi connectivity index (χ1n) is 6.43. The molecule has 4 nitrogen and oxygen atoms in total. The summed E-state index contributed by atoms with van der Waals surface area (Å²) in [6.45, 7) is 5.67. The number of nitrogens with one attached hydrogen (secondary N) is 1. The number of ether oxygens (including phenoxy) is 2. The maximum Gasteiger partial charge on any atom is 0.329 e. The van der Waals surface area contributed by atoms with E-state index >= 15 is 0 Å². The molecule has 112 valence electrons. The van der Waals surface area contributed by atoms with Crippen LogP contribution in [0.5, 0.6) is 5.75 Å². The standard InChI is InChI=1S/C14H19F2NO3/c1-4-17-14(3,13(18)19-5-2)9-20-11-8-6-7-10(15)12(11)16/h6-8,17H,4-5,9H2,1-3H3. The average molecular weight is 287 g/mol. The molecule has 0 amide bonds. The van der Waals surface area contributed by atoms with Gasteiger partial charge < -0.3 is 9.47 Å². The lowest BCUT2D eigenvalue weighted by Crippen LogP contribution is -2.54. The van der Waals surface area contributed by atoms with Gasteiger partial charge in [-0.25, -0.2) is 9.18 Å². The second kappa shape index (κ2) is 7.19. The van der Waals surface area contributed by atoms with Gasteiger partial charge in [0, 0.05) is 0 Å². The Balaban J connectivity index is 2.81. The van der Waals surface area contributed by atoms with Crippen LogP contribution in [-0.4, -0.2) is 31.3 Å². The Kier molecular flexibility index (Phi) is 5.88. The summed E-state index contributed by atoms with van der Waals surface area (Å²) in [4.78, 5) is 11.9. The summed E-state index contributed by atoms with van der Waals surface area (Å²) in [6, 6.07) is 3.63. The quantitative estimate of drug-likeness (QED) is 0.782. The first-order valence-corrected chi connectivity index (χ1v) is 6.43. The van der Waals surface area contributed by atoms with Crippen LogP contribution in [0.1, 0.15) is 20.8 Å². The molecule has 0 radical (unpaired) electrons. The maximum atomic E-state index is 13.5. The zero-order valence-corrected chi connectivity index (χ0v) is 11.8. The van der Waals surface area contributed by atoms with E-state index in [1.807, 2.05) is 6.92 Å². The average Bonchev–Trinajstić information content (AvgIpc) is 2.41. The minimum atomic E-state index is -1.12. The lowest BCUT2D eigenvalue weighted by atomic mass is 10.0. The van der Waals surface area contributed by atoms with E-state index in [0.29, 0.717) is 6.54 Å². The Morgan fingerprint density at radius 2 is 2.05 bits per heavy atom. The monoisotopic (exact) mass is 287 g/mol. The van der Waals surface area contributed by atoms with Gasteiger partial charge in [-0.15, -0.1) is 0 Å². The van der Waals surface area contributed by atoms with E-state index in [0.717, 1.165) is 6.07 Å². The molecule has 6 heteroatoms. The summed E-state index contributed by atoms with van der Waals surface area (Å²) in [5.41, 5.74) is -1.12. The summed E-state index contributed by atoms with van der Waals surface area (Å²) in [5.74, 6) is -2.81. The van der Waals surface area contributed by atoms with Crippen LogP contribution in [0.25, 0.3) is 0 Å². The first-order chi connectivity index (χ1) is 9.44. The van der Waals surface area contributed by atoms with Crippen molar-refractivity contribution in [2.75, 3.05) is 19.8 Å². The number of likely N-dealkylation sites (N-methyl/N-ethyl adjacent to an activating group) is 1. The first kappa shape index (κ1) is 16.4. The number of benzene rings is 1. The second-order valence-electron chi connectivity index (χ2n) is 4.42. The summed E-state index contributed by atoms with van der Waals surface area (Å²) >= 11 is 0. The van der Waals surface area contributed by atoms with Gasteiger partial charge in [0.1, 0.15) is 12.1 Å². The molecule has 0 aliphatic carbocycles. The second-order valence-corrected chi connectivity index (χ2v) is 4.42. The van der Waals surface area contributed by atoms with Crippen molar-refractivity contribution in [1.29, 1.82) is 0 Å². The highest BCUT2D eigenvalue weighted by Gasteiger charge is 2.35. The molecule has 20 heavy (non-hydrogen) atoms. The molecule has 1 rings (SSSR count). The van der Waals surface area contributed by atoms with Crippen LogP contribution in [0.2, 0.25) is 0 Å². The highest BCUT2D eigenvalue weighted by Crippen LogP contribution is 2.20. The van der Waals surface area contributed by atoms with Crippen LogP contribution in [0.3, 0.4) is 0 Å². The zero-order valence-electron chi connectivity index (χ0n) is 11.8. The van der Waals surface area contributed by atoms with Crippen molar-refractivity contribution >= 4 is 5.97 Å². The largest absolute Gasteiger partial charge is 0.488 e. The molecule has 1 aromatic rings. The van der Waals surface area contributed by atoms with Gasteiger partial charge >= 0.3 is 5.97 Å². The maximum absolute atomic E-state index is 13.5. The van der Waals surface area contributed by atoms with Gasteiger partial charge in [-0.3, -0.25) is 5.32 Å². The molecule has 1 N–H and O–H groups in total. The van der Waals surface area contributed by atoms with Crippen LogP contribution in [-0.2, 0) is 9.53 Å². The fourth-order valence-electron chi connectivity index (χ4n) is 1.68. The zero-order chi connectivity index (χ0) is 15.2. The molecule has 0 bridgehead atoms. The molecule has 1 unspecified atom stereocenters. The normalized spacial score (nSPS) is 13.7. The van der Waals surface area contributed by atoms with E-state index in [4.69, 9.17) is 9.47 Å². The number of rotatable bonds is 7. The number of hydrogen-bond acceptors (Lipinski definition) is 4. The van der Waals surface area contributed by atoms with E-state index < -0.39 is 23.1 Å². The molecule has 0 spiro atoms. The molecule has 1 aromatic carbocycles. The van der Waals surface area contributed by atoms with Gasteiger partial charge in [0.05, 0.1) is 6.61 Å². The topological polar surface area (TPSA) is 47.6 Å². The summed E-state index contributed by atoms with van der Waals surface area (Å²) < 4.78 is 36.7. The number of esters is 1. The molecular weight excluding hydrogens is 268 g/mol. The summed E-state index contributed by atoms with van der Waals surface area (Å²) in [6.07, 6.45) is 0. The fourth-order valence-corrected chi connectivity index (χ4v) is 1.68. The summed E-state index contributed by atoms with van der Waals surface area (Å²) in [7, 11) is 0. The van der Waals surface area contributed by atoms with Crippen LogP contribution in [0, 0.1) is 11.6 Å². The van der Waals surface area contributed by atoms with E-state index in [1.54, 1.807) is 13.8 Å². The van der Waals surface area contributed by atoms with Crippen LogP contribution < -0.4 is 10.1 Å². The number of halogens is 2. The van der Waals surface area contributed by atoms with E-state index in [2.05, 4.69) is 5.32 Å². The lowest BCUT2D eigenvalue weighted by Gasteiger charge is -2.28.